The highest BCUT2D eigenvalue weighted by atomic mass is 16.1. The standard InChI is InChI=1S/C18H24N2O/c1-12(20-17(21)16-2-4-19-5-3-16)18-9-13-6-14(10-18)8-15(7-13)11-18/h2-5,12-15H,6-11H2,1H3,(H,20,21). The van der Waals surface area contributed by atoms with Crippen LogP contribution in [0.2, 0.25) is 0 Å². The maximum atomic E-state index is 12.4. The zero-order valence-corrected chi connectivity index (χ0v) is 12.7. The molecule has 1 atom stereocenters. The molecular weight excluding hydrogens is 260 g/mol. The quantitative estimate of drug-likeness (QED) is 0.924. The van der Waals surface area contributed by atoms with Gasteiger partial charge in [-0.15, -0.1) is 0 Å². The molecule has 0 aliphatic heterocycles. The largest absolute Gasteiger partial charge is 0.349 e. The summed E-state index contributed by atoms with van der Waals surface area (Å²) in [5.74, 6) is 2.84. The summed E-state index contributed by atoms with van der Waals surface area (Å²) in [6.45, 7) is 2.23. The van der Waals surface area contributed by atoms with Crippen LogP contribution in [-0.2, 0) is 0 Å². The first-order chi connectivity index (χ1) is 10.1. The van der Waals surface area contributed by atoms with Crippen LogP contribution >= 0.6 is 0 Å². The van der Waals surface area contributed by atoms with Crippen LogP contribution in [0.5, 0.6) is 0 Å². The highest BCUT2D eigenvalue weighted by molar-refractivity contribution is 5.94. The van der Waals surface area contributed by atoms with Gasteiger partial charge in [-0.1, -0.05) is 0 Å². The van der Waals surface area contributed by atoms with E-state index in [-0.39, 0.29) is 11.9 Å². The van der Waals surface area contributed by atoms with Gasteiger partial charge in [-0.3, -0.25) is 9.78 Å². The maximum absolute atomic E-state index is 12.4. The van der Waals surface area contributed by atoms with Crippen LogP contribution in [-0.4, -0.2) is 16.9 Å². The van der Waals surface area contributed by atoms with Crippen molar-refractivity contribution < 1.29 is 4.79 Å². The lowest BCUT2D eigenvalue weighted by atomic mass is 9.48. The molecule has 3 heteroatoms. The Balaban J connectivity index is 1.50. The number of nitrogens with one attached hydrogen (secondary N) is 1. The van der Waals surface area contributed by atoms with Gasteiger partial charge >= 0.3 is 0 Å². The van der Waals surface area contributed by atoms with E-state index < -0.39 is 0 Å². The molecule has 1 unspecified atom stereocenters. The van der Waals surface area contributed by atoms with Crippen molar-refractivity contribution in [3.05, 3.63) is 30.1 Å². The Labute approximate surface area is 126 Å². The molecule has 1 aromatic heterocycles. The highest BCUT2D eigenvalue weighted by Crippen LogP contribution is 2.61. The first-order valence-electron chi connectivity index (χ1n) is 8.35. The Bertz CT molecular complexity index is 504. The second-order valence-corrected chi connectivity index (χ2v) is 7.71. The number of rotatable bonds is 3. The van der Waals surface area contributed by atoms with E-state index in [4.69, 9.17) is 0 Å². The second-order valence-electron chi connectivity index (χ2n) is 7.71. The van der Waals surface area contributed by atoms with Crippen molar-refractivity contribution in [1.82, 2.24) is 10.3 Å². The summed E-state index contributed by atoms with van der Waals surface area (Å²) < 4.78 is 0. The first kappa shape index (κ1) is 13.3. The van der Waals surface area contributed by atoms with Crippen LogP contribution in [0.4, 0.5) is 0 Å². The van der Waals surface area contributed by atoms with Gasteiger partial charge in [0.2, 0.25) is 0 Å². The molecule has 1 heterocycles. The minimum atomic E-state index is 0.0562. The molecule has 0 aromatic carbocycles. The number of amides is 1. The fourth-order valence-corrected chi connectivity index (χ4v) is 5.64. The number of carbonyl (C=O) groups is 1. The zero-order valence-electron chi connectivity index (χ0n) is 12.7. The van der Waals surface area contributed by atoms with E-state index in [1.54, 1.807) is 24.5 Å². The van der Waals surface area contributed by atoms with E-state index in [1.165, 1.54) is 38.5 Å². The Morgan fingerprint density at radius 1 is 1.14 bits per heavy atom. The lowest BCUT2D eigenvalue weighted by molar-refractivity contribution is -0.0688. The van der Waals surface area contributed by atoms with Crippen molar-refractivity contribution in [2.24, 2.45) is 23.2 Å². The summed E-state index contributed by atoms with van der Waals surface area (Å²) in [6.07, 6.45) is 11.7. The number of carbonyl (C=O) groups excluding carboxylic acids is 1. The van der Waals surface area contributed by atoms with Crippen LogP contribution in [0.1, 0.15) is 55.8 Å². The van der Waals surface area contributed by atoms with Crippen molar-refractivity contribution in [3.63, 3.8) is 0 Å². The van der Waals surface area contributed by atoms with E-state index in [2.05, 4.69) is 17.2 Å². The zero-order chi connectivity index (χ0) is 14.4. The molecular formula is C18H24N2O. The fourth-order valence-electron chi connectivity index (χ4n) is 5.64. The molecule has 4 bridgehead atoms. The molecule has 4 saturated carbocycles. The van der Waals surface area contributed by atoms with Crippen molar-refractivity contribution >= 4 is 5.91 Å². The Morgan fingerprint density at radius 2 is 1.67 bits per heavy atom. The lowest BCUT2D eigenvalue weighted by Crippen LogP contribution is -2.55. The van der Waals surface area contributed by atoms with Crippen molar-refractivity contribution in [1.29, 1.82) is 0 Å². The number of hydrogen-bond donors (Lipinski definition) is 1. The number of aromatic nitrogens is 1. The molecule has 21 heavy (non-hydrogen) atoms. The normalized spacial score (nSPS) is 38.2. The predicted molar refractivity (Wildman–Crippen MR) is 81.8 cm³/mol. The smallest absolute Gasteiger partial charge is 0.251 e. The minimum Gasteiger partial charge on any atom is -0.349 e. The Kier molecular flexibility index (Phi) is 3.05. The van der Waals surface area contributed by atoms with Crippen LogP contribution in [0.3, 0.4) is 0 Å². The number of nitrogens with zero attached hydrogens (tertiary/aromatic N) is 1. The van der Waals surface area contributed by atoms with Crippen LogP contribution in [0.15, 0.2) is 24.5 Å². The molecule has 5 rings (SSSR count). The molecule has 3 nitrogen and oxygen atoms in total. The van der Waals surface area contributed by atoms with Gasteiger partial charge in [0.25, 0.3) is 5.91 Å². The molecule has 112 valence electrons. The molecule has 0 radical (unpaired) electrons. The summed E-state index contributed by atoms with van der Waals surface area (Å²) in [7, 11) is 0. The van der Waals surface area contributed by atoms with E-state index in [0.29, 0.717) is 5.41 Å². The SMILES string of the molecule is CC(NC(=O)c1ccncc1)C12CC3CC(CC(C3)C1)C2. The van der Waals surface area contributed by atoms with Gasteiger partial charge in [0, 0.05) is 24.0 Å². The van der Waals surface area contributed by atoms with Gasteiger partial charge < -0.3 is 5.32 Å². The van der Waals surface area contributed by atoms with Gasteiger partial charge in [-0.05, 0) is 80.8 Å². The molecule has 4 fully saturated rings. The molecule has 1 aromatic rings. The topological polar surface area (TPSA) is 42.0 Å². The van der Waals surface area contributed by atoms with Crippen LogP contribution in [0, 0.1) is 23.2 Å². The van der Waals surface area contributed by atoms with Gasteiger partial charge in [0.15, 0.2) is 0 Å². The molecule has 1 amide bonds. The maximum Gasteiger partial charge on any atom is 0.251 e. The van der Waals surface area contributed by atoms with Gasteiger partial charge in [-0.25, -0.2) is 0 Å². The summed E-state index contributed by atoms with van der Waals surface area (Å²) in [4.78, 5) is 16.4. The van der Waals surface area contributed by atoms with Gasteiger partial charge in [-0.2, -0.15) is 0 Å². The Hall–Kier alpha value is -1.38. The summed E-state index contributed by atoms with van der Waals surface area (Å²) in [5.41, 5.74) is 1.10. The highest BCUT2D eigenvalue weighted by Gasteiger charge is 2.53. The third-order valence-electron chi connectivity index (χ3n) is 6.29. The third kappa shape index (κ3) is 2.27. The summed E-state index contributed by atoms with van der Waals surface area (Å²) >= 11 is 0. The van der Waals surface area contributed by atoms with E-state index in [1.807, 2.05) is 0 Å². The third-order valence-corrected chi connectivity index (χ3v) is 6.29. The van der Waals surface area contributed by atoms with Gasteiger partial charge in [0.1, 0.15) is 0 Å². The monoisotopic (exact) mass is 284 g/mol. The van der Waals surface area contributed by atoms with Crippen molar-refractivity contribution in [3.8, 4) is 0 Å². The average molecular weight is 284 g/mol. The first-order valence-corrected chi connectivity index (χ1v) is 8.35. The lowest BCUT2D eigenvalue weighted by Gasteiger charge is -2.59. The second kappa shape index (κ2) is 4.82. The number of hydrogen-bond acceptors (Lipinski definition) is 2. The molecule has 4 aliphatic rings. The van der Waals surface area contributed by atoms with Crippen molar-refractivity contribution in [2.75, 3.05) is 0 Å². The van der Waals surface area contributed by atoms with Crippen LogP contribution < -0.4 is 5.32 Å². The van der Waals surface area contributed by atoms with E-state index in [9.17, 15) is 4.79 Å². The molecule has 0 saturated heterocycles. The Morgan fingerprint density at radius 3 is 2.19 bits per heavy atom. The molecule has 1 N–H and O–H groups in total. The van der Waals surface area contributed by atoms with E-state index in [0.717, 1.165) is 23.3 Å². The summed E-state index contributed by atoms with van der Waals surface area (Å²) in [6, 6.07) is 3.87. The van der Waals surface area contributed by atoms with Crippen LogP contribution in [0.25, 0.3) is 0 Å². The minimum absolute atomic E-state index is 0.0562. The fraction of sp³-hybridized carbons (Fsp3) is 0.667. The molecule has 0 spiro atoms. The van der Waals surface area contributed by atoms with Crippen molar-refractivity contribution in [2.45, 2.75) is 51.5 Å². The average Bonchev–Trinajstić information content (AvgIpc) is 2.46. The number of pyridine rings is 1. The molecule has 4 aliphatic carbocycles. The summed E-state index contributed by atoms with van der Waals surface area (Å²) in [5, 5.41) is 3.29. The predicted octanol–water partition coefficient (Wildman–Crippen LogP) is 3.42. The van der Waals surface area contributed by atoms with E-state index >= 15 is 0 Å². The van der Waals surface area contributed by atoms with Gasteiger partial charge in [0.05, 0.1) is 0 Å².